The molecule has 0 aliphatic carbocycles. The number of hydrogen-bond donors (Lipinski definition) is 1. The molecular weight excluding hydrogens is 445 g/mol. The molecule has 0 aliphatic heterocycles. The fourth-order valence-electron chi connectivity index (χ4n) is 2.04. The molecule has 3 rings (SSSR count). The molecule has 1 N–H and O–H groups in total. The summed E-state index contributed by atoms with van der Waals surface area (Å²) in [5.74, 6) is -0.450. The van der Waals surface area contributed by atoms with Crippen molar-refractivity contribution in [2.75, 3.05) is 0 Å². The molecule has 0 bridgehead atoms. The van der Waals surface area contributed by atoms with Crippen molar-refractivity contribution in [2.45, 2.75) is 22.6 Å². The number of nitrogens with one attached hydrogen (secondary N) is 1. The van der Waals surface area contributed by atoms with E-state index in [0.29, 0.717) is 14.8 Å². The standard InChI is InChI=1S/C16H11Cl2N5O3S2/c1-8-3-21-9(4-20-8)5-22-15(24)13-2-12(23(25)26)16(27-13)28-14-10(17)6-19-7-11(14)18/h2-4,6-7H,5H2,1H3,(H,22,24). The fourth-order valence-corrected chi connectivity index (χ4v) is 4.81. The molecule has 0 fully saturated rings. The van der Waals surface area contributed by atoms with Crippen molar-refractivity contribution >= 4 is 57.9 Å². The highest BCUT2D eigenvalue weighted by molar-refractivity contribution is 8.01. The Hall–Kier alpha value is -2.27. The number of carbonyl (C=O) groups excluding carboxylic acids is 1. The number of rotatable bonds is 6. The van der Waals surface area contributed by atoms with E-state index < -0.39 is 10.8 Å². The Bertz CT molecular complexity index is 1020. The summed E-state index contributed by atoms with van der Waals surface area (Å²) in [6.45, 7) is 1.96. The molecule has 0 saturated heterocycles. The van der Waals surface area contributed by atoms with Crippen LogP contribution in [0.5, 0.6) is 0 Å². The Morgan fingerprint density at radius 2 is 1.96 bits per heavy atom. The van der Waals surface area contributed by atoms with E-state index in [1.165, 1.54) is 18.5 Å². The average Bonchev–Trinajstić information content (AvgIpc) is 3.08. The minimum Gasteiger partial charge on any atom is -0.346 e. The van der Waals surface area contributed by atoms with E-state index in [2.05, 4.69) is 20.3 Å². The predicted molar refractivity (Wildman–Crippen MR) is 107 cm³/mol. The van der Waals surface area contributed by atoms with Gasteiger partial charge in [0.1, 0.15) is 9.09 Å². The zero-order chi connectivity index (χ0) is 20.3. The van der Waals surface area contributed by atoms with Gasteiger partial charge in [-0.2, -0.15) is 0 Å². The molecule has 144 valence electrons. The molecule has 12 heteroatoms. The zero-order valence-corrected chi connectivity index (χ0v) is 17.3. The van der Waals surface area contributed by atoms with Gasteiger partial charge in [0.05, 0.1) is 44.0 Å². The number of aromatic nitrogens is 3. The third kappa shape index (κ3) is 4.76. The number of carbonyl (C=O) groups is 1. The zero-order valence-electron chi connectivity index (χ0n) is 14.2. The summed E-state index contributed by atoms with van der Waals surface area (Å²) < 4.78 is 0.292. The molecule has 3 heterocycles. The van der Waals surface area contributed by atoms with E-state index in [9.17, 15) is 14.9 Å². The number of pyridine rings is 1. The average molecular weight is 456 g/mol. The third-order valence-electron chi connectivity index (χ3n) is 3.37. The highest BCUT2D eigenvalue weighted by Crippen LogP contribution is 2.45. The number of aryl methyl sites for hydroxylation is 1. The minimum atomic E-state index is -0.552. The van der Waals surface area contributed by atoms with Gasteiger partial charge in [0, 0.05) is 24.7 Å². The van der Waals surface area contributed by atoms with Crippen molar-refractivity contribution in [3.8, 4) is 0 Å². The molecule has 28 heavy (non-hydrogen) atoms. The second kappa shape index (κ2) is 8.82. The maximum Gasteiger partial charge on any atom is 0.294 e. The van der Waals surface area contributed by atoms with E-state index in [-0.39, 0.29) is 27.2 Å². The van der Waals surface area contributed by atoms with Crippen LogP contribution in [0.25, 0.3) is 0 Å². The molecule has 0 atom stereocenters. The Balaban J connectivity index is 1.80. The summed E-state index contributed by atoms with van der Waals surface area (Å²) in [5, 5.41) is 14.6. The Kier molecular flexibility index (Phi) is 6.45. The number of amides is 1. The highest BCUT2D eigenvalue weighted by atomic mass is 35.5. The molecule has 0 radical (unpaired) electrons. The summed E-state index contributed by atoms with van der Waals surface area (Å²) in [6.07, 6.45) is 5.94. The van der Waals surface area contributed by atoms with Crippen LogP contribution in [0.4, 0.5) is 5.69 Å². The van der Waals surface area contributed by atoms with Crippen LogP contribution < -0.4 is 5.32 Å². The lowest BCUT2D eigenvalue weighted by atomic mass is 10.3. The number of nitro groups is 1. The van der Waals surface area contributed by atoms with Gasteiger partial charge in [0.2, 0.25) is 0 Å². The third-order valence-corrected chi connectivity index (χ3v) is 6.62. The molecule has 0 spiro atoms. The van der Waals surface area contributed by atoms with Gasteiger partial charge in [-0.1, -0.05) is 35.0 Å². The Morgan fingerprint density at radius 1 is 1.25 bits per heavy atom. The lowest BCUT2D eigenvalue weighted by Crippen LogP contribution is -2.22. The SMILES string of the molecule is Cc1cnc(CNC(=O)c2cc([N+](=O)[O-])c(Sc3c(Cl)cncc3Cl)s2)cn1. The summed E-state index contributed by atoms with van der Waals surface area (Å²) in [5.41, 5.74) is 1.15. The van der Waals surface area contributed by atoms with Crippen molar-refractivity contribution in [3.05, 3.63) is 67.3 Å². The molecular formula is C16H11Cl2N5O3S2. The maximum absolute atomic E-state index is 12.4. The first-order valence-corrected chi connectivity index (χ1v) is 10.0. The van der Waals surface area contributed by atoms with E-state index >= 15 is 0 Å². The number of nitrogens with zero attached hydrogens (tertiary/aromatic N) is 4. The molecule has 0 unspecified atom stereocenters. The lowest BCUT2D eigenvalue weighted by molar-refractivity contribution is -0.387. The molecule has 3 aromatic rings. The number of thiophene rings is 1. The Labute approximate surface area is 177 Å². The second-order valence-corrected chi connectivity index (χ2v) is 8.55. The molecule has 3 aromatic heterocycles. The van der Waals surface area contributed by atoms with Crippen LogP contribution in [0.3, 0.4) is 0 Å². The van der Waals surface area contributed by atoms with Gasteiger partial charge in [-0.05, 0) is 6.92 Å². The van der Waals surface area contributed by atoms with Crippen LogP contribution in [-0.2, 0) is 6.54 Å². The van der Waals surface area contributed by atoms with Gasteiger partial charge in [0.25, 0.3) is 11.6 Å². The summed E-state index contributed by atoms with van der Waals surface area (Å²) in [6, 6.07) is 1.23. The van der Waals surface area contributed by atoms with Crippen molar-refractivity contribution in [3.63, 3.8) is 0 Å². The van der Waals surface area contributed by atoms with Crippen LogP contribution in [0.15, 0.2) is 40.0 Å². The molecule has 0 saturated carbocycles. The lowest BCUT2D eigenvalue weighted by Gasteiger charge is -2.04. The van der Waals surface area contributed by atoms with Gasteiger partial charge in [-0.25, -0.2) is 0 Å². The Morgan fingerprint density at radius 3 is 2.57 bits per heavy atom. The van der Waals surface area contributed by atoms with Gasteiger partial charge in [0.15, 0.2) is 0 Å². The minimum absolute atomic E-state index is 0.155. The first-order chi connectivity index (χ1) is 13.3. The van der Waals surface area contributed by atoms with Crippen LogP contribution in [-0.4, -0.2) is 25.8 Å². The van der Waals surface area contributed by atoms with E-state index in [1.54, 1.807) is 19.3 Å². The molecule has 0 aromatic carbocycles. The van der Waals surface area contributed by atoms with Gasteiger partial charge in [-0.3, -0.25) is 29.9 Å². The van der Waals surface area contributed by atoms with Gasteiger partial charge < -0.3 is 5.32 Å². The number of halogens is 2. The maximum atomic E-state index is 12.4. The van der Waals surface area contributed by atoms with Crippen LogP contribution in [0.1, 0.15) is 21.1 Å². The summed E-state index contributed by atoms with van der Waals surface area (Å²) >= 11 is 14.2. The highest BCUT2D eigenvalue weighted by Gasteiger charge is 2.24. The van der Waals surface area contributed by atoms with Crippen molar-refractivity contribution in [2.24, 2.45) is 0 Å². The quantitative estimate of drug-likeness (QED) is 0.428. The van der Waals surface area contributed by atoms with Gasteiger partial charge in [-0.15, -0.1) is 11.3 Å². The van der Waals surface area contributed by atoms with Crippen molar-refractivity contribution < 1.29 is 9.72 Å². The smallest absolute Gasteiger partial charge is 0.294 e. The number of hydrogen-bond acceptors (Lipinski definition) is 8. The largest absolute Gasteiger partial charge is 0.346 e. The predicted octanol–water partition coefficient (Wildman–Crippen LogP) is 4.54. The topological polar surface area (TPSA) is 111 Å². The van der Waals surface area contributed by atoms with E-state index in [1.807, 2.05) is 0 Å². The monoisotopic (exact) mass is 455 g/mol. The van der Waals surface area contributed by atoms with Crippen LogP contribution in [0.2, 0.25) is 10.0 Å². The summed E-state index contributed by atoms with van der Waals surface area (Å²) in [7, 11) is 0. The molecule has 8 nitrogen and oxygen atoms in total. The van der Waals surface area contributed by atoms with Crippen molar-refractivity contribution in [1.29, 1.82) is 0 Å². The van der Waals surface area contributed by atoms with Gasteiger partial charge >= 0.3 is 0 Å². The fraction of sp³-hybridized carbons (Fsp3) is 0.125. The van der Waals surface area contributed by atoms with Crippen LogP contribution in [0, 0.1) is 17.0 Å². The van der Waals surface area contributed by atoms with Crippen LogP contribution >= 0.6 is 46.3 Å². The molecule has 1 amide bonds. The first-order valence-electron chi connectivity index (χ1n) is 7.66. The normalized spacial score (nSPS) is 10.7. The van der Waals surface area contributed by atoms with E-state index in [4.69, 9.17) is 23.2 Å². The van der Waals surface area contributed by atoms with E-state index in [0.717, 1.165) is 28.8 Å². The molecule has 0 aliphatic rings. The van der Waals surface area contributed by atoms with Crippen molar-refractivity contribution in [1.82, 2.24) is 20.3 Å². The summed E-state index contributed by atoms with van der Waals surface area (Å²) in [4.78, 5) is 36.0. The first kappa shape index (κ1) is 20.5. The second-order valence-electron chi connectivity index (χ2n) is 5.41.